The fourth-order valence-electron chi connectivity index (χ4n) is 2.28. The highest BCUT2D eigenvalue weighted by atomic mass is 15.2. The summed E-state index contributed by atoms with van der Waals surface area (Å²) in [5.41, 5.74) is 5.98. The van der Waals surface area contributed by atoms with Crippen LogP contribution in [0.1, 0.15) is 33.6 Å². The van der Waals surface area contributed by atoms with Crippen molar-refractivity contribution in [3.05, 3.63) is 12.7 Å². The Morgan fingerprint density at radius 3 is 2.36 bits per heavy atom. The summed E-state index contributed by atoms with van der Waals surface area (Å²) in [4.78, 5) is 2.53. The van der Waals surface area contributed by atoms with Crippen LogP contribution in [0.15, 0.2) is 12.7 Å². The number of nitrogens with zero attached hydrogens (tertiary/aromatic N) is 1. The van der Waals surface area contributed by atoms with Crippen molar-refractivity contribution in [2.24, 2.45) is 11.7 Å². The lowest BCUT2D eigenvalue weighted by Crippen LogP contribution is -2.56. The second-order valence-electron chi connectivity index (χ2n) is 5.25. The smallest absolute Gasteiger partial charge is 0.0168 e. The fraction of sp³-hybridized carbons (Fsp3) is 0.833. The molecule has 2 heteroatoms. The van der Waals surface area contributed by atoms with E-state index in [-0.39, 0.29) is 5.54 Å². The van der Waals surface area contributed by atoms with Gasteiger partial charge in [-0.25, -0.2) is 0 Å². The predicted octanol–water partition coefficient (Wildman–Crippen LogP) is 2.01. The SMILES string of the molecule is C=CCN(C1CCC1CN)C(C)(C)C. The monoisotopic (exact) mass is 196 g/mol. The van der Waals surface area contributed by atoms with Gasteiger partial charge in [0.25, 0.3) is 0 Å². The lowest BCUT2D eigenvalue weighted by Gasteiger charge is -2.49. The van der Waals surface area contributed by atoms with E-state index in [1.165, 1.54) is 12.8 Å². The number of rotatable bonds is 4. The molecule has 2 nitrogen and oxygen atoms in total. The van der Waals surface area contributed by atoms with Gasteiger partial charge in [0, 0.05) is 18.1 Å². The summed E-state index contributed by atoms with van der Waals surface area (Å²) in [6.07, 6.45) is 4.59. The lowest BCUT2D eigenvalue weighted by atomic mass is 9.77. The topological polar surface area (TPSA) is 29.3 Å². The maximum atomic E-state index is 5.75. The minimum Gasteiger partial charge on any atom is -0.330 e. The average molecular weight is 196 g/mol. The number of nitrogens with two attached hydrogens (primary N) is 1. The normalized spacial score (nSPS) is 27.5. The van der Waals surface area contributed by atoms with Crippen molar-refractivity contribution in [2.45, 2.75) is 45.2 Å². The van der Waals surface area contributed by atoms with E-state index >= 15 is 0 Å². The molecule has 0 aromatic rings. The van der Waals surface area contributed by atoms with Crippen molar-refractivity contribution >= 4 is 0 Å². The predicted molar refractivity (Wildman–Crippen MR) is 62.2 cm³/mol. The molecule has 1 fully saturated rings. The van der Waals surface area contributed by atoms with E-state index < -0.39 is 0 Å². The maximum Gasteiger partial charge on any atom is 0.0168 e. The van der Waals surface area contributed by atoms with Crippen LogP contribution in [0.3, 0.4) is 0 Å². The van der Waals surface area contributed by atoms with Gasteiger partial charge in [0.1, 0.15) is 0 Å². The van der Waals surface area contributed by atoms with Gasteiger partial charge in [0.15, 0.2) is 0 Å². The van der Waals surface area contributed by atoms with Crippen molar-refractivity contribution < 1.29 is 0 Å². The van der Waals surface area contributed by atoms with Gasteiger partial charge in [-0.1, -0.05) is 6.08 Å². The average Bonchev–Trinajstić information content (AvgIpc) is 2.01. The first-order valence-electron chi connectivity index (χ1n) is 5.58. The maximum absolute atomic E-state index is 5.75. The van der Waals surface area contributed by atoms with Crippen LogP contribution in [-0.4, -0.2) is 29.6 Å². The Bertz CT molecular complexity index is 191. The minimum absolute atomic E-state index is 0.229. The van der Waals surface area contributed by atoms with E-state index in [1.807, 2.05) is 6.08 Å². The van der Waals surface area contributed by atoms with E-state index in [0.717, 1.165) is 13.1 Å². The lowest BCUT2D eigenvalue weighted by molar-refractivity contribution is 0.00944. The van der Waals surface area contributed by atoms with Gasteiger partial charge in [-0.05, 0) is 46.1 Å². The van der Waals surface area contributed by atoms with E-state index in [9.17, 15) is 0 Å². The molecule has 82 valence electrons. The molecule has 0 heterocycles. The molecule has 2 N–H and O–H groups in total. The highest BCUT2D eigenvalue weighted by Crippen LogP contribution is 2.35. The van der Waals surface area contributed by atoms with Crippen molar-refractivity contribution in [1.29, 1.82) is 0 Å². The van der Waals surface area contributed by atoms with Crippen LogP contribution in [-0.2, 0) is 0 Å². The third kappa shape index (κ3) is 2.37. The summed E-state index contributed by atoms with van der Waals surface area (Å²) in [5.74, 6) is 0.703. The molecular weight excluding hydrogens is 172 g/mol. The zero-order chi connectivity index (χ0) is 10.8. The molecule has 2 atom stereocenters. The molecule has 1 saturated carbocycles. The summed E-state index contributed by atoms with van der Waals surface area (Å²) in [5, 5.41) is 0. The van der Waals surface area contributed by atoms with Crippen molar-refractivity contribution in [2.75, 3.05) is 13.1 Å². The molecule has 1 rings (SSSR count). The van der Waals surface area contributed by atoms with Gasteiger partial charge in [-0.15, -0.1) is 6.58 Å². The van der Waals surface area contributed by atoms with Crippen LogP contribution in [0, 0.1) is 5.92 Å². The molecule has 0 aromatic heterocycles. The standard InChI is InChI=1S/C12H24N2/c1-5-8-14(12(2,3)4)11-7-6-10(11)9-13/h5,10-11H,1,6-9,13H2,2-4H3. The van der Waals surface area contributed by atoms with E-state index in [1.54, 1.807) is 0 Å². The molecule has 0 aliphatic heterocycles. The Labute approximate surface area is 88.2 Å². The molecule has 0 aromatic carbocycles. The van der Waals surface area contributed by atoms with Crippen molar-refractivity contribution in [1.82, 2.24) is 4.90 Å². The van der Waals surface area contributed by atoms with Crippen LogP contribution < -0.4 is 5.73 Å². The molecule has 0 amide bonds. The molecule has 0 radical (unpaired) electrons. The van der Waals surface area contributed by atoms with E-state index in [2.05, 4.69) is 32.3 Å². The summed E-state index contributed by atoms with van der Waals surface area (Å²) in [7, 11) is 0. The number of hydrogen-bond donors (Lipinski definition) is 1. The number of hydrogen-bond acceptors (Lipinski definition) is 2. The molecule has 2 unspecified atom stereocenters. The van der Waals surface area contributed by atoms with Crippen molar-refractivity contribution in [3.8, 4) is 0 Å². The minimum atomic E-state index is 0.229. The summed E-state index contributed by atoms with van der Waals surface area (Å²) in [6.45, 7) is 12.4. The molecule has 0 bridgehead atoms. The first-order chi connectivity index (χ1) is 6.50. The van der Waals surface area contributed by atoms with Gasteiger partial charge in [0.05, 0.1) is 0 Å². The Balaban J connectivity index is 2.63. The van der Waals surface area contributed by atoms with Crippen LogP contribution in [0.2, 0.25) is 0 Å². The third-order valence-electron chi connectivity index (χ3n) is 3.27. The van der Waals surface area contributed by atoms with Crippen LogP contribution in [0.4, 0.5) is 0 Å². The Morgan fingerprint density at radius 2 is 2.07 bits per heavy atom. The van der Waals surface area contributed by atoms with E-state index in [0.29, 0.717) is 12.0 Å². The summed E-state index contributed by atoms with van der Waals surface area (Å²) < 4.78 is 0. The van der Waals surface area contributed by atoms with Crippen molar-refractivity contribution in [3.63, 3.8) is 0 Å². The highest BCUT2D eigenvalue weighted by Gasteiger charge is 2.38. The summed E-state index contributed by atoms with van der Waals surface area (Å²) in [6, 6.07) is 0.679. The van der Waals surface area contributed by atoms with Gasteiger partial charge in [-0.3, -0.25) is 4.90 Å². The van der Waals surface area contributed by atoms with Crippen LogP contribution in [0.25, 0.3) is 0 Å². The molecule has 14 heavy (non-hydrogen) atoms. The Kier molecular flexibility index (Phi) is 3.73. The molecule has 1 aliphatic rings. The third-order valence-corrected chi connectivity index (χ3v) is 3.27. The zero-order valence-corrected chi connectivity index (χ0v) is 9.79. The highest BCUT2D eigenvalue weighted by molar-refractivity contribution is 4.96. The first kappa shape index (κ1) is 11.7. The van der Waals surface area contributed by atoms with Gasteiger partial charge in [0.2, 0.25) is 0 Å². The second kappa shape index (κ2) is 4.45. The van der Waals surface area contributed by atoms with Crippen LogP contribution >= 0.6 is 0 Å². The molecular formula is C12H24N2. The molecule has 1 aliphatic carbocycles. The van der Waals surface area contributed by atoms with Crippen LogP contribution in [0.5, 0.6) is 0 Å². The zero-order valence-electron chi connectivity index (χ0n) is 9.79. The Morgan fingerprint density at radius 1 is 1.43 bits per heavy atom. The molecule has 0 spiro atoms. The first-order valence-corrected chi connectivity index (χ1v) is 5.58. The Hall–Kier alpha value is -0.340. The van der Waals surface area contributed by atoms with Gasteiger partial charge >= 0.3 is 0 Å². The largest absolute Gasteiger partial charge is 0.330 e. The van der Waals surface area contributed by atoms with E-state index in [4.69, 9.17) is 5.73 Å². The molecule has 0 saturated heterocycles. The van der Waals surface area contributed by atoms with Gasteiger partial charge < -0.3 is 5.73 Å². The fourth-order valence-corrected chi connectivity index (χ4v) is 2.28. The second-order valence-corrected chi connectivity index (χ2v) is 5.25. The quantitative estimate of drug-likeness (QED) is 0.697. The summed E-state index contributed by atoms with van der Waals surface area (Å²) >= 11 is 0. The van der Waals surface area contributed by atoms with Gasteiger partial charge in [-0.2, -0.15) is 0 Å².